The van der Waals surface area contributed by atoms with Crippen LogP contribution in [0.2, 0.25) is 0 Å². The van der Waals surface area contributed by atoms with Crippen molar-refractivity contribution in [3.63, 3.8) is 0 Å². The highest BCUT2D eigenvalue weighted by Gasteiger charge is 2.20. The number of rotatable bonds is 7. The van der Waals surface area contributed by atoms with Gasteiger partial charge in [-0.05, 0) is 40.0 Å². The standard InChI is InChI=1S/C17H32N4O2/c1-12(2)10-14(11-19-16(22)23-17(4,5)6)20-13(3)15-18-8-9-21(15)7/h8-9,12-14,20H,10-11H2,1-7H3,(H,19,22). The van der Waals surface area contributed by atoms with Crippen molar-refractivity contribution in [2.24, 2.45) is 13.0 Å². The smallest absolute Gasteiger partial charge is 0.407 e. The highest BCUT2D eigenvalue weighted by atomic mass is 16.6. The number of aryl methyl sites for hydroxylation is 1. The fourth-order valence-electron chi connectivity index (χ4n) is 2.52. The van der Waals surface area contributed by atoms with Gasteiger partial charge in [-0.2, -0.15) is 0 Å². The Morgan fingerprint density at radius 1 is 1.35 bits per heavy atom. The number of imidazole rings is 1. The largest absolute Gasteiger partial charge is 0.444 e. The molecule has 0 saturated heterocycles. The minimum Gasteiger partial charge on any atom is -0.444 e. The Bertz CT molecular complexity index is 491. The van der Waals surface area contributed by atoms with Gasteiger partial charge in [0.05, 0.1) is 6.04 Å². The summed E-state index contributed by atoms with van der Waals surface area (Å²) in [5.41, 5.74) is -0.481. The summed E-state index contributed by atoms with van der Waals surface area (Å²) in [6.45, 7) is 12.5. The van der Waals surface area contributed by atoms with Crippen molar-refractivity contribution in [3.8, 4) is 0 Å². The summed E-state index contributed by atoms with van der Waals surface area (Å²) in [7, 11) is 1.98. The molecule has 0 aliphatic rings. The van der Waals surface area contributed by atoms with E-state index in [4.69, 9.17) is 4.74 Å². The Hall–Kier alpha value is -1.56. The van der Waals surface area contributed by atoms with Crippen molar-refractivity contribution in [2.75, 3.05) is 6.54 Å². The molecule has 0 saturated carbocycles. The van der Waals surface area contributed by atoms with Gasteiger partial charge in [-0.25, -0.2) is 9.78 Å². The lowest BCUT2D eigenvalue weighted by Crippen LogP contribution is -2.44. The molecule has 0 fully saturated rings. The second kappa shape index (κ2) is 8.34. The fourth-order valence-corrected chi connectivity index (χ4v) is 2.52. The minimum absolute atomic E-state index is 0.110. The average molecular weight is 324 g/mol. The van der Waals surface area contributed by atoms with E-state index in [9.17, 15) is 4.79 Å². The van der Waals surface area contributed by atoms with Crippen LogP contribution in [-0.2, 0) is 11.8 Å². The number of alkyl carbamates (subject to hydrolysis) is 1. The molecule has 1 amide bonds. The number of amides is 1. The van der Waals surface area contributed by atoms with Crippen LogP contribution >= 0.6 is 0 Å². The van der Waals surface area contributed by atoms with Crippen LogP contribution < -0.4 is 10.6 Å². The van der Waals surface area contributed by atoms with E-state index < -0.39 is 5.60 Å². The molecule has 2 atom stereocenters. The van der Waals surface area contributed by atoms with E-state index in [-0.39, 0.29) is 18.2 Å². The average Bonchev–Trinajstić information content (AvgIpc) is 2.79. The van der Waals surface area contributed by atoms with Gasteiger partial charge in [0.15, 0.2) is 0 Å². The van der Waals surface area contributed by atoms with E-state index >= 15 is 0 Å². The lowest BCUT2D eigenvalue weighted by atomic mass is 10.0. The third-order valence-electron chi connectivity index (χ3n) is 3.38. The zero-order valence-corrected chi connectivity index (χ0v) is 15.5. The molecule has 132 valence electrons. The summed E-state index contributed by atoms with van der Waals surface area (Å²) >= 11 is 0. The summed E-state index contributed by atoms with van der Waals surface area (Å²) in [6, 6.07) is 0.272. The van der Waals surface area contributed by atoms with Gasteiger partial charge in [-0.15, -0.1) is 0 Å². The topological polar surface area (TPSA) is 68.2 Å². The van der Waals surface area contributed by atoms with E-state index in [1.165, 1.54) is 0 Å². The van der Waals surface area contributed by atoms with Gasteiger partial charge in [0.1, 0.15) is 11.4 Å². The predicted molar refractivity (Wildman–Crippen MR) is 92.2 cm³/mol. The van der Waals surface area contributed by atoms with E-state index in [2.05, 4.69) is 36.4 Å². The molecule has 2 unspecified atom stereocenters. The summed E-state index contributed by atoms with van der Waals surface area (Å²) in [6.07, 6.45) is 4.32. The number of nitrogens with one attached hydrogen (secondary N) is 2. The van der Waals surface area contributed by atoms with Crippen LogP contribution in [0.25, 0.3) is 0 Å². The van der Waals surface area contributed by atoms with Crippen molar-refractivity contribution in [3.05, 3.63) is 18.2 Å². The molecule has 6 heteroatoms. The Morgan fingerprint density at radius 3 is 2.48 bits per heavy atom. The molecular formula is C17H32N4O2. The van der Waals surface area contributed by atoms with Crippen LogP contribution in [0.3, 0.4) is 0 Å². The maximum absolute atomic E-state index is 11.8. The van der Waals surface area contributed by atoms with Crippen LogP contribution in [0.5, 0.6) is 0 Å². The van der Waals surface area contributed by atoms with Gasteiger partial charge in [0, 0.05) is 32.0 Å². The number of hydrogen-bond donors (Lipinski definition) is 2. The minimum atomic E-state index is -0.481. The first-order valence-electron chi connectivity index (χ1n) is 8.28. The van der Waals surface area contributed by atoms with E-state index in [1.54, 1.807) is 6.20 Å². The number of hydrogen-bond acceptors (Lipinski definition) is 4. The summed E-state index contributed by atoms with van der Waals surface area (Å²) in [5, 5.41) is 6.42. The third-order valence-corrected chi connectivity index (χ3v) is 3.38. The molecule has 1 aromatic rings. The van der Waals surface area contributed by atoms with Gasteiger partial charge in [0.25, 0.3) is 0 Å². The molecule has 2 N–H and O–H groups in total. The van der Waals surface area contributed by atoms with Crippen molar-refractivity contribution >= 4 is 6.09 Å². The summed E-state index contributed by atoms with van der Waals surface area (Å²) in [5.74, 6) is 1.51. The lowest BCUT2D eigenvalue weighted by Gasteiger charge is -2.26. The first-order chi connectivity index (χ1) is 10.6. The molecule has 1 rings (SSSR count). The van der Waals surface area contributed by atoms with Crippen LogP contribution in [0.1, 0.15) is 59.8 Å². The number of nitrogens with zero attached hydrogens (tertiary/aromatic N) is 2. The van der Waals surface area contributed by atoms with Crippen LogP contribution in [0.15, 0.2) is 12.4 Å². The second-order valence-electron chi connectivity index (χ2n) is 7.49. The van der Waals surface area contributed by atoms with Gasteiger partial charge < -0.3 is 19.9 Å². The lowest BCUT2D eigenvalue weighted by molar-refractivity contribution is 0.0520. The molecule has 0 bridgehead atoms. The predicted octanol–water partition coefficient (Wildman–Crippen LogP) is 3.01. The van der Waals surface area contributed by atoms with E-state index in [0.717, 1.165) is 12.2 Å². The van der Waals surface area contributed by atoms with Crippen molar-refractivity contribution in [1.82, 2.24) is 20.2 Å². The monoisotopic (exact) mass is 324 g/mol. The number of carbonyl (C=O) groups is 1. The maximum atomic E-state index is 11.8. The number of ether oxygens (including phenoxy) is 1. The SMILES string of the molecule is CC(C)CC(CNC(=O)OC(C)(C)C)NC(C)c1nccn1C. The van der Waals surface area contributed by atoms with Crippen LogP contribution in [0, 0.1) is 5.92 Å². The first-order valence-corrected chi connectivity index (χ1v) is 8.28. The van der Waals surface area contributed by atoms with Crippen molar-refractivity contribution in [1.29, 1.82) is 0 Å². The molecule has 0 spiro atoms. The highest BCUT2D eigenvalue weighted by Crippen LogP contribution is 2.13. The molecule has 0 aliphatic heterocycles. The van der Waals surface area contributed by atoms with Crippen molar-refractivity contribution < 1.29 is 9.53 Å². The van der Waals surface area contributed by atoms with E-state index in [1.807, 2.05) is 38.6 Å². The summed E-state index contributed by atoms with van der Waals surface area (Å²) < 4.78 is 7.30. The molecule has 0 aliphatic carbocycles. The zero-order chi connectivity index (χ0) is 17.6. The Labute approximate surface area is 140 Å². The quantitative estimate of drug-likeness (QED) is 0.809. The highest BCUT2D eigenvalue weighted by molar-refractivity contribution is 5.67. The van der Waals surface area contributed by atoms with Gasteiger partial charge in [-0.1, -0.05) is 13.8 Å². The van der Waals surface area contributed by atoms with Crippen LogP contribution in [-0.4, -0.2) is 33.8 Å². The molecule has 6 nitrogen and oxygen atoms in total. The van der Waals surface area contributed by atoms with E-state index in [0.29, 0.717) is 12.5 Å². The van der Waals surface area contributed by atoms with Crippen molar-refractivity contribution in [2.45, 2.75) is 65.6 Å². The second-order valence-corrected chi connectivity index (χ2v) is 7.49. The Morgan fingerprint density at radius 2 is 2.00 bits per heavy atom. The first kappa shape index (κ1) is 19.5. The van der Waals surface area contributed by atoms with Crippen LogP contribution in [0.4, 0.5) is 4.79 Å². The number of carbonyl (C=O) groups excluding carboxylic acids is 1. The normalized spacial score (nSPS) is 14.6. The Kier molecular flexibility index (Phi) is 7.06. The van der Waals surface area contributed by atoms with Gasteiger partial charge >= 0.3 is 6.09 Å². The maximum Gasteiger partial charge on any atom is 0.407 e. The summed E-state index contributed by atoms with van der Waals surface area (Å²) in [4.78, 5) is 16.2. The molecule has 1 aromatic heterocycles. The molecule has 23 heavy (non-hydrogen) atoms. The molecular weight excluding hydrogens is 292 g/mol. The van der Waals surface area contributed by atoms with Gasteiger partial charge in [-0.3, -0.25) is 0 Å². The fraction of sp³-hybridized carbons (Fsp3) is 0.765. The molecule has 0 aromatic carbocycles. The molecule has 0 radical (unpaired) electrons. The molecule has 1 heterocycles. The third kappa shape index (κ3) is 7.50. The Balaban J connectivity index is 2.59. The number of aromatic nitrogens is 2. The van der Waals surface area contributed by atoms with Gasteiger partial charge in [0.2, 0.25) is 0 Å². The zero-order valence-electron chi connectivity index (χ0n) is 15.5.